The number of hydrogen-bond donors (Lipinski definition) is 1. The topological polar surface area (TPSA) is 65.0 Å². The second kappa shape index (κ2) is 10.9. The summed E-state index contributed by atoms with van der Waals surface area (Å²) in [6.45, 7) is 3.94. The number of hydrogen-bond acceptors (Lipinski definition) is 4. The molecule has 0 saturated carbocycles. The summed E-state index contributed by atoms with van der Waals surface area (Å²) < 4.78 is 35.9. The first-order valence-corrected chi connectivity index (χ1v) is 11.6. The minimum Gasteiger partial charge on any atom is -0.368 e. The molecule has 0 atom stereocenters. The van der Waals surface area contributed by atoms with Crippen molar-refractivity contribution in [1.29, 1.82) is 0 Å². The monoisotopic (exact) mass is 546 g/mol. The van der Waals surface area contributed by atoms with E-state index in [4.69, 9.17) is 0 Å². The Kier molecular flexibility index (Phi) is 8.90. The van der Waals surface area contributed by atoms with Crippen LogP contribution in [0.25, 0.3) is 0 Å². The smallest absolute Gasteiger partial charge is 0.194 e. The third-order valence-electron chi connectivity index (χ3n) is 4.89. The molecule has 0 unspecified atom stereocenters. The maximum Gasteiger partial charge on any atom is 0.194 e. The summed E-state index contributed by atoms with van der Waals surface area (Å²) in [5.41, 5.74) is 2.88. The number of aliphatic imine (C=N–C) groups is 1. The van der Waals surface area contributed by atoms with Gasteiger partial charge in [0.05, 0.1) is 5.75 Å². The molecule has 1 heterocycles. The van der Waals surface area contributed by atoms with Crippen LogP contribution < -0.4 is 10.2 Å². The van der Waals surface area contributed by atoms with Crippen LogP contribution in [0.3, 0.4) is 0 Å². The summed E-state index contributed by atoms with van der Waals surface area (Å²) in [5.74, 6) is 0.672. The van der Waals surface area contributed by atoms with E-state index in [0.29, 0.717) is 6.54 Å². The molecule has 30 heavy (non-hydrogen) atoms. The molecule has 0 aliphatic carbocycles. The summed E-state index contributed by atoms with van der Waals surface area (Å²) in [4.78, 5) is 8.83. The number of sulfone groups is 1. The van der Waals surface area contributed by atoms with Gasteiger partial charge < -0.3 is 15.1 Å². The van der Waals surface area contributed by atoms with Gasteiger partial charge in [-0.05, 0) is 35.4 Å². The number of rotatable bonds is 5. The average Bonchev–Trinajstić information content (AvgIpc) is 2.70. The predicted molar refractivity (Wildman–Crippen MR) is 131 cm³/mol. The summed E-state index contributed by atoms with van der Waals surface area (Å²) in [6, 6.07) is 14.2. The van der Waals surface area contributed by atoms with Gasteiger partial charge in [-0.3, -0.25) is 4.99 Å². The van der Waals surface area contributed by atoms with Gasteiger partial charge in [0, 0.05) is 51.7 Å². The lowest BCUT2D eigenvalue weighted by Gasteiger charge is -2.37. The van der Waals surface area contributed by atoms with E-state index < -0.39 is 9.84 Å². The van der Waals surface area contributed by atoms with Crippen molar-refractivity contribution in [2.45, 2.75) is 12.3 Å². The molecule has 6 nitrogen and oxygen atoms in total. The number of guanidine groups is 1. The van der Waals surface area contributed by atoms with Crippen molar-refractivity contribution in [2.75, 3.05) is 44.4 Å². The fraction of sp³-hybridized carbons (Fsp3) is 0.381. The van der Waals surface area contributed by atoms with Crippen molar-refractivity contribution < 1.29 is 12.8 Å². The maximum atomic E-state index is 13.1. The average molecular weight is 546 g/mol. The van der Waals surface area contributed by atoms with E-state index >= 15 is 0 Å². The molecule has 9 heteroatoms. The molecule has 3 rings (SSSR count). The molecule has 1 fully saturated rings. The van der Waals surface area contributed by atoms with Gasteiger partial charge in [-0.15, -0.1) is 24.0 Å². The summed E-state index contributed by atoms with van der Waals surface area (Å²) in [5, 5.41) is 3.37. The Morgan fingerprint density at radius 2 is 1.57 bits per heavy atom. The Bertz CT molecular complexity index is 942. The molecule has 0 spiro atoms. The SMILES string of the molecule is CN=C(NCc1ccc(CS(C)(=O)=O)cc1)N1CCN(c2ccc(F)cc2)CC1.I. The highest BCUT2D eigenvalue weighted by Crippen LogP contribution is 2.17. The number of halogens is 2. The maximum absolute atomic E-state index is 13.1. The fourth-order valence-electron chi connectivity index (χ4n) is 3.40. The Hall–Kier alpha value is -1.88. The van der Waals surface area contributed by atoms with Crippen LogP contribution in [0.1, 0.15) is 11.1 Å². The fourth-order valence-corrected chi connectivity index (χ4v) is 4.20. The lowest BCUT2D eigenvalue weighted by molar-refractivity contribution is 0.372. The van der Waals surface area contributed by atoms with Crippen molar-refractivity contribution in [1.82, 2.24) is 10.2 Å². The second-order valence-corrected chi connectivity index (χ2v) is 9.38. The van der Waals surface area contributed by atoms with Gasteiger partial charge in [0.15, 0.2) is 15.8 Å². The standard InChI is InChI=1S/C21H27FN4O2S.HI/c1-23-21(24-15-17-3-5-18(6-4-17)16-29(2,27)28)26-13-11-25(12-14-26)20-9-7-19(22)8-10-20;/h3-10H,11-16H2,1-2H3,(H,23,24);1H. The van der Waals surface area contributed by atoms with E-state index in [-0.39, 0.29) is 35.5 Å². The van der Waals surface area contributed by atoms with Gasteiger partial charge in [0.25, 0.3) is 0 Å². The first-order chi connectivity index (χ1) is 13.8. The molecule has 2 aromatic carbocycles. The van der Waals surface area contributed by atoms with Gasteiger partial charge >= 0.3 is 0 Å². The predicted octanol–water partition coefficient (Wildman–Crippen LogP) is 2.89. The Balaban J connectivity index is 0.00000320. The van der Waals surface area contributed by atoms with Crippen LogP contribution in [0.4, 0.5) is 10.1 Å². The van der Waals surface area contributed by atoms with Crippen LogP contribution >= 0.6 is 24.0 Å². The number of benzene rings is 2. The van der Waals surface area contributed by atoms with Crippen molar-refractivity contribution in [3.8, 4) is 0 Å². The lowest BCUT2D eigenvalue weighted by atomic mass is 10.1. The molecule has 0 aromatic heterocycles. The van der Waals surface area contributed by atoms with E-state index in [9.17, 15) is 12.8 Å². The van der Waals surface area contributed by atoms with Gasteiger partial charge in [-0.2, -0.15) is 0 Å². The number of nitrogens with zero attached hydrogens (tertiary/aromatic N) is 3. The van der Waals surface area contributed by atoms with Crippen molar-refractivity contribution >= 4 is 45.5 Å². The molecule has 0 bridgehead atoms. The summed E-state index contributed by atoms with van der Waals surface area (Å²) in [6.07, 6.45) is 1.24. The quantitative estimate of drug-likeness (QED) is 0.355. The van der Waals surface area contributed by atoms with Crippen molar-refractivity contribution in [2.24, 2.45) is 4.99 Å². The first kappa shape index (κ1) is 24.4. The van der Waals surface area contributed by atoms with E-state index in [1.54, 1.807) is 7.05 Å². The number of piperazine rings is 1. The molecule has 1 saturated heterocycles. The molecular formula is C21H28FIN4O2S. The molecule has 1 N–H and O–H groups in total. The second-order valence-electron chi connectivity index (χ2n) is 7.24. The molecule has 2 aromatic rings. The molecule has 1 aliphatic rings. The molecular weight excluding hydrogens is 518 g/mol. The van der Waals surface area contributed by atoms with Crippen molar-refractivity contribution in [3.63, 3.8) is 0 Å². The summed E-state index contributed by atoms with van der Waals surface area (Å²) >= 11 is 0. The Labute approximate surface area is 195 Å². The van der Waals surface area contributed by atoms with Crippen LogP contribution in [0.5, 0.6) is 0 Å². The highest BCUT2D eigenvalue weighted by atomic mass is 127. The van der Waals surface area contributed by atoms with Gasteiger partial charge in [-0.25, -0.2) is 12.8 Å². The van der Waals surface area contributed by atoms with Crippen LogP contribution in [0, 0.1) is 5.82 Å². The highest BCUT2D eigenvalue weighted by Gasteiger charge is 2.19. The highest BCUT2D eigenvalue weighted by molar-refractivity contribution is 14.0. The van der Waals surface area contributed by atoms with Crippen LogP contribution in [-0.2, 0) is 22.1 Å². The van der Waals surface area contributed by atoms with Crippen LogP contribution in [0.2, 0.25) is 0 Å². The number of anilines is 1. The van der Waals surface area contributed by atoms with Crippen LogP contribution in [0.15, 0.2) is 53.5 Å². The molecule has 0 radical (unpaired) electrons. The zero-order valence-corrected chi connectivity index (χ0v) is 20.4. The minimum atomic E-state index is -3.02. The third-order valence-corrected chi connectivity index (χ3v) is 5.74. The van der Waals surface area contributed by atoms with E-state index in [1.165, 1.54) is 18.4 Å². The van der Waals surface area contributed by atoms with Gasteiger partial charge in [0.2, 0.25) is 0 Å². The van der Waals surface area contributed by atoms with Gasteiger partial charge in [-0.1, -0.05) is 24.3 Å². The molecule has 1 aliphatic heterocycles. The number of nitrogens with one attached hydrogen (secondary N) is 1. The normalized spacial score (nSPS) is 15.0. The van der Waals surface area contributed by atoms with Crippen LogP contribution in [-0.4, -0.2) is 58.8 Å². The summed E-state index contributed by atoms with van der Waals surface area (Å²) in [7, 11) is -1.26. The minimum absolute atomic E-state index is 0. The zero-order chi connectivity index (χ0) is 20.9. The Morgan fingerprint density at radius 3 is 2.10 bits per heavy atom. The lowest BCUT2D eigenvalue weighted by Crippen LogP contribution is -2.52. The zero-order valence-electron chi connectivity index (χ0n) is 17.2. The van der Waals surface area contributed by atoms with Crippen molar-refractivity contribution in [3.05, 3.63) is 65.5 Å². The molecule has 164 valence electrons. The largest absolute Gasteiger partial charge is 0.368 e. The Morgan fingerprint density at radius 1 is 1.00 bits per heavy atom. The van der Waals surface area contributed by atoms with E-state index in [2.05, 4.69) is 20.1 Å². The van der Waals surface area contributed by atoms with E-state index in [1.807, 2.05) is 36.4 Å². The third kappa shape index (κ3) is 7.12. The molecule has 0 amide bonds. The first-order valence-electron chi connectivity index (χ1n) is 9.56. The van der Waals surface area contributed by atoms with Gasteiger partial charge in [0.1, 0.15) is 5.82 Å². The van der Waals surface area contributed by atoms with E-state index in [0.717, 1.165) is 49.0 Å².